The van der Waals surface area contributed by atoms with Crippen LogP contribution in [0.5, 0.6) is 0 Å². The lowest BCUT2D eigenvalue weighted by Crippen LogP contribution is -2.48. The third kappa shape index (κ3) is 4.12. The minimum atomic E-state index is -4.83. The highest BCUT2D eigenvalue weighted by Gasteiger charge is 2.39. The van der Waals surface area contributed by atoms with Crippen LogP contribution in [0.4, 0.5) is 13.2 Å². The Morgan fingerprint density at radius 2 is 1.92 bits per heavy atom. The molecule has 1 unspecified atom stereocenters. The summed E-state index contributed by atoms with van der Waals surface area (Å²) in [6.45, 7) is 3.38. The topological polar surface area (TPSA) is 55.1 Å². The van der Waals surface area contributed by atoms with Crippen LogP contribution in [0.1, 0.15) is 13.8 Å². The maximum Gasteiger partial charge on any atom is 0.471 e. The van der Waals surface area contributed by atoms with E-state index in [9.17, 15) is 18.0 Å². The van der Waals surface area contributed by atoms with Gasteiger partial charge in [0, 0.05) is 12.6 Å². The maximum absolute atomic E-state index is 11.8. The van der Waals surface area contributed by atoms with E-state index in [0.29, 0.717) is 0 Å². The van der Waals surface area contributed by atoms with Gasteiger partial charge in [-0.15, -0.1) is 0 Å². The van der Waals surface area contributed by atoms with Crippen molar-refractivity contribution in [1.29, 1.82) is 0 Å². The van der Waals surface area contributed by atoms with Crippen LogP contribution in [0.3, 0.4) is 0 Å². The highest BCUT2D eigenvalue weighted by molar-refractivity contribution is 5.81. The lowest BCUT2D eigenvalue weighted by Gasteiger charge is -2.20. The molecule has 0 saturated heterocycles. The zero-order valence-electron chi connectivity index (χ0n) is 7.48. The summed E-state index contributed by atoms with van der Waals surface area (Å²) >= 11 is 0. The molecule has 0 fully saturated rings. The molecule has 0 aliphatic heterocycles. The zero-order chi connectivity index (χ0) is 10.6. The minimum absolute atomic E-state index is 0.000509. The fourth-order valence-corrected chi connectivity index (χ4v) is 0.748. The van der Waals surface area contributed by atoms with Crippen LogP contribution in [0.25, 0.3) is 0 Å². The summed E-state index contributed by atoms with van der Waals surface area (Å²) in [5, 5.41) is 1.82. The first kappa shape index (κ1) is 12.2. The predicted octanol–water partition coefficient (Wildman–Crippen LogP) is 0.648. The summed E-state index contributed by atoms with van der Waals surface area (Å²) in [5.41, 5.74) is 5.18. The third-order valence-corrected chi connectivity index (χ3v) is 1.63. The lowest BCUT2D eigenvalue weighted by molar-refractivity contribution is -0.174. The molecular formula is C7H13F3N2O. The summed E-state index contributed by atoms with van der Waals surface area (Å²) in [7, 11) is 0. The number of amides is 1. The van der Waals surface area contributed by atoms with E-state index in [1.54, 1.807) is 13.8 Å². The van der Waals surface area contributed by atoms with Gasteiger partial charge in [0.15, 0.2) is 0 Å². The Labute approximate surface area is 74.5 Å². The normalized spacial score (nSPS) is 14.4. The van der Waals surface area contributed by atoms with Gasteiger partial charge >= 0.3 is 12.1 Å². The van der Waals surface area contributed by atoms with Gasteiger partial charge in [-0.25, -0.2) is 0 Å². The molecule has 0 heterocycles. The van der Waals surface area contributed by atoms with E-state index in [-0.39, 0.29) is 12.5 Å². The summed E-state index contributed by atoms with van der Waals surface area (Å²) in [6.07, 6.45) is -4.83. The number of rotatable bonds is 3. The molecule has 0 saturated carbocycles. The molecule has 0 aromatic heterocycles. The van der Waals surface area contributed by atoms with Crippen LogP contribution in [0.15, 0.2) is 0 Å². The zero-order valence-corrected chi connectivity index (χ0v) is 7.48. The molecule has 0 spiro atoms. The first-order valence-electron chi connectivity index (χ1n) is 3.86. The van der Waals surface area contributed by atoms with Crippen LogP contribution in [-0.4, -0.2) is 24.7 Å². The Morgan fingerprint density at radius 1 is 1.46 bits per heavy atom. The van der Waals surface area contributed by atoms with Crippen molar-refractivity contribution in [2.45, 2.75) is 26.1 Å². The van der Waals surface area contributed by atoms with Crippen molar-refractivity contribution < 1.29 is 18.0 Å². The predicted molar refractivity (Wildman–Crippen MR) is 41.9 cm³/mol. The van der Waals surface area contributed by atoms with Crippen LogP contribution in [0.2, 0.25) is 0 Å². The van der Waals surface area contributed by atoms with Gasteiger partial charge in [0.25, 0.3) is 0 Å². The molecule has 0 aromatic carbocycles. The van der Waals surface area contributed by atoms with E-state index in [1.807, 2.05) is 5.32 Å². The second kappa shape index (κ2) is 4.45. The van der Waals surface area contributed by atoms with Gasteiger partial charge in [-0.05, 0) is 5.92 Å². The number of halogens is 3. The SMILES string of the molecule is CC(C)C(CN)NC(=O)C(F)(F)F. The molecule has 1 atom stereocenters. The van der Waals surface area contributed by atoms with E-state index in [4.69, 9.17) is 5.73 Å². The van der Waals surface area contributed by atoms with Crippen molar-refractivity contribution in [2.75, 3.05) is 6.54 Å². The standard InChI is InChI=1S/C7H13F3N2O/c1-4(2)5(3-11)12-6(13)7(8,9)10/h4-5H,3,11H2,1-2H3,(H,12,13). The Hall–Kier alpha value is -0.780. The van der Waals surface area contributed by atoms with Gasteiger partial charge in [-0.3, -0.25) is 4.79 Å². The van der Waals surface area contributed by atoms with Gasteiger partial charge < -0.3 is 11.1 Å². The maximum atomic E-state index is 11.8. The number of nitrogens with one attached hydrogen (secondary N) is 1. The van der Waals surface area contributed by atoms with Gasteiger partial charge in [0.1, 0.15) is 0 Å². The van der Waals surface area contributed by atoms with E-state index in [0.717, 1.165) is 0 Å². The number of hydrogen-bond donors (Lipinski definition) is 2. The molecule has 0 aliphatic carbocycles. The first-order chi connectivity index (χ1) is 5.79. The van der Waals surface area contributed by atoms with E-state index < -0.39 is 18.1 Å². The molecule has 1 amide bonds. The summed E-state index contributed by atoms with van der Waals surface area (Å²) in [4.78, 5) is 10.4. The van der Waals surface area contributed by atoms with Crippen molar-refractivity contribution >= 4 is 5.91 Å². The van der Waals surface area contributed by atoms with Crippen molar-refractivity contribution in [1.82, 2.24) is 5.32 Å². The molecule has 0 rings (SSSR count). The van der Waals surface area contributed by atoms with Crippen LogP contribution in [-0.2, 0) is 4.79 Å². The molecular weight excluding hydrogens is 185 g/mol. The minimum Gasteiger partial charge on any atom is -0.344 e. The van der Waals surface area contributed by atoms with E-state index in [2.05, 4.69) is 0 Å². The van der Waals surface area contributed by atoms with Gasteiger partial charge in [0.05, 0.1) is 0 Å². The van der Waals surface area contributed by atoms with E-state index in [1.165, 1.54) is 0 Å². The quantitative estimate of drug-likeness (QED) is 0.699. The summed E-state index contributed by atoms with van der Waals surface area (Å²) in [5.74, 6) is -2.05. The molecule has 6 heteroatoms. The molecule has 0 aromatic rings. The second-order valence-corrected chi connectivity index (χ2v) is 3.06. The monoisotopic (exact) mass is 198 g/mol. The second-order valence-electron chi connectivity index (χ2n) is 3.06. The number of carbonyl (C=O) groups excluding carboxylic acids is 1. The fourth-order valence-electron chi connectivity index (χ4n) is 0.748. The van der Waals surface area contributed by atoms with Crippen LogP contribution >= 0.6 is 0 Å². The first-order valence-corrected chi connectivity index (χ1v) is 3.86. The Balaban J connectivity index is 4.18. The van der Waals surface area contributed by atoms with Crippen LogP contribution < -0.4 is 11.1 Å². The average molecular weight is 198 g/mol. The van der Waals surface area contributed by atoms with Gasteiger partial charge in [-0.1, -0.05) is 13.8 Å². The number of hydrogen-bond acceptors (Lipinski definition) is 2. The van der Waals surface area contributed by atoms with Gasteiger partial charge in [-0.2, -0.15) is 13.2 Å². The Morgan fingerprint density at radius 3 is 2.15 bits per heavy atom. The largest absolute Gasteiger partial charge is 0.471 e. The highest BCUT2D eigenvalue weighted by Crippen LogP contribution is 2.15. The number of carbonyl (C=O) groups is 1. The van der Waals surface area contributed by atoms with Crippen molar-refractivity contribution in [2.24, 2.45) is 11.7 Å². The number of nitrogens with two attached hydrogens (primary N) is 1. The van der Waals surface area contributed by atoms with Crippen LogP contribution in [0, 0.1) is 5.92 Å². The Kier molecular flexibility index (Phi) is 4.19. The molecule has 0 bridgehead atoms. The third-order valence-electron chi connectivity index (χ3n) is 1.63. The molecule has 0 aliphatic rings. The van der Waals surface area contributed by atoms with Crippen molar-refractivity contribution in [3.05, 3.63) is 0 Å². The Bertz CT molecular complexity index is 179. The smallest absolute Gasteiger partial charge is 0.344 e. The summed E-state index contributed by atoms with van der Waals surface area (Å²) in [6, 6.07) is -0.630. The lowest BCUT2D eigenvalue weighted by atomic mass is 10.1. The molecule has 3 nitrogen and oxygen atoms in total. The van der Waals surface area contributed by atoms with E-state index >= 15 is 0 Å². The molecule has 3 N–H and O–H groups in total. The summed E-state index contributed by atoms with van der Waals surface area (Å²) < 4.78 is 35.3. The van der Waals surface area contributed by atoms with Crippen molar-refractivity contribution in [3.63, 3.8) is 0 Å². The van der Waals surface area contributed by atoms with Crippen molar-refractivity contribution in [3.8, 4) is 0 Å². The molecule has 78 valence electrons. The number of alkyl halides is 3. The average Bonchev–Trinajstić information content (AvgIpc) is 1.96. The molecule has 0 radical (unpaired) electrons. The van der Waals surface area contributed by atoms with Gasteiger partial charge in [0.2, 0.25) is 0 Å². The highest BCUT2D eigenvalue weighted by atomic mass is 19.4. The fraction of sp³-hybridized carbons (Fsp3) is 0.857. The molecule has 13 heavy (non-hydrogen) atoms.